The lowest BCUT2D eigenvalue weighted by atomic mass is 9.73. The van der Waals surface area contributed by atoms with E-state index in [0.717, 1.165) is 5.56 Å². The number of benzene rings is 2. The molecule has 1 amide bonds. The Hall–Kier alpha value is -3.54. The Morgan fingerprint density at radius 1 is 1.02 bits per heavy atom. The van der Waals surface area contributed by atoms with Crippen LogP contribution in [0.25, 0.3) is 0 Å². The van der Waals surface area contributed by atoms with Crippen LogP contribution in [0, 0.1) is 23.7 Å². The molecule has 0 bridgehead atoms. The van der Waals surface area contributed by atoms with Crippen molar-refractivity contribution in [2.24, 2.45) is 28.8 Å². The van der Waals surface area contributed by atoms with Crippen LogP contribution in [0.5, 0.6) is 5.75 Å². The van der Waals surface area contributed by atoms with Crippen LogP contribution in [0.3, 0.4) is 0 Å². The molecule has 4 N–H and O–H groups in total. The van der Waals surface area contributed by atoms with Crippen molar-refractivity contribution in [3.63, 3.8) is 0 Å². The molecule has 0 unspecified atom stereocenters. The third-order valence-electron chi connectivity index (χ3n) is 12.7. The SMILES string of the molecule is CC[C@H]1OC(=O)[C@H](C)[C@@H](OC(=O)NCc2ccc(OC)cc2)[C@H](C)[C@@H](O[C@@H]2O[C@H](C)C[C@H](N(C)C)[C@H]2O)[C@](C)(OC)C[C@@H](C)/C(=N/OCc2ccccc2Cl)[C@H](C)[C@@H](O)[C@]1(C)O. The summed E-state index contributed by atoms with van der Waals surface area (Å²) in [5.41, 5.74) is -1.41. The molecule has 2 aliphatic rings. The number of alkyl carbamates (subject to hydrolysis) is 1. The van der Waals surface area contributed by atoms with Gasteiger partial charge in [0, 0.05) is 48.0 Å². The van der Waals surface area contributed by atoms with E-state index < -0.39 is 83.7 Å². The molecule has 2 aromatic rings. The standard InChI is InChI=1S/C46H70ClN3O12/c1-13-36-46(8,55)40(52)28(4)37(49-58-25-32-16-14-15-17-34(32)47)26(2)23-45(7,57-12)41(62-43-38(51)35(50(9)10)22-27(3)59-43)29(5)39(30(6)42(53)60-36)61-44(54)48-24-31-18-20-33(56-11)21-19-31/h14-21,26-30,35-36,38-41,43,51-52,55H,13,22-25H2,1-12H3,(H,48,54)/b49-37-/t26-,27-,28+,29+,30-,35+,36-,38-,39+,40-,41-,43+,45-,46-/m1/s1. The number of esters is 1. The molecule has 0 aromatic heterocycles. The molecule has 16 heteroatoms. The molecular formula is C46H70ClN3O12. The number of likely N-dealkylation sites (N-methyl/N-ethyl adjacent to an activating group) is 1. The van der Waals surface area contributed by atoms with Crippen LogP contribution in [0.15, 0.2) is 53.7 Å². The lowest BCUT2D eigenvalue weighted by molar-refractivity contribution is -0.301. The molecular weight excluding hydrogens is 822 g/mol. The van der Waals surface area contributed by atoms with Crippen LogP contribution in [-0.2, 0) is 46.5 Å². The van der Waals surface area contributed by atoms with E-state index in [4.69, 9.17) is 44.9 Å². The first kappa shape index (κ1) is 51.1. The summed E-state index contributed by atoms with van der Waals surface area (Å²) in [6.07, 6.45) is -7.44. The number of rotatable bonds is 12. The molecule has 0 radical (unpaired) electrons. The highest BCUT2D eigenvalue weighted by Gasteiger charge is 2.52. The number of ether oxygens (including phenoxy) is 6. The number of aliphatic hydroxyl groups excluding tert-OH is 2. The number of carbonyl (C=O) groups is 2. The van der Waals surface area contributed by atoms with Gasteiger partial charge in [-0.05, 0) is 84.8 Å². The Balaban J connectivity index is 1.85. The van der Waals surface area contributed by atoms with Crippen molar-refractivity contribution in [1.29, 1.82) is 0 Å². The fourth-order valence-electron chi connectivity index (χ4n) is 8.84. The lowest BCUT2D eigenvalue weighted by Gasteiger charge is -2.48. The first-order valence-electron chi connectivity index (χ1n) is 21.5. The highest BCUT2D eigenvalue weighted by Crippen LogP contribution is 2.40. The van der Waals surface area contributed by atoms with Gasteiger partial charge in [0.15, 0.2) is 6.29 Å². The molecule has 4 rings (SSSR count). The van der Waals surface area contributed by atoms with Crippen molar-refractivity contribution in [1.82, 2.24) is 10.2 Å². The van der Waals surface area contributed by atoms with Gasteiger partial charge >= 0.3 is 12.1 Å². The number of hydrogen-bond donors (Lipinski definition) is 4. The van der Waals surface area contributed by atoms with Gasteiger partial charge in [0.2, 0.25) is 0 Å². The van der Waals surface area contributed by atoms with E-state index in [9.17, 15) is 24.9 Å². The topological polar surface area (TPSA) is 187 Å². The Morgan fingerprint density at radius 3 is 2.27 bits per heavy atom. The highest BCUT2D eigenvalue weighted by molar-refractivity contribution is 6.31. The van der Waals surface area contributed by atoms with E-state index in [0.29, 0.717) is 28.5 Å². The molecule has 62 heavy (non-hydrogen) atoms. The highest BCUT2D eigenvalue weighted by atomic mass is 35.5. The summed E-state index contributed by atoms with van der Waals surface area (Å²) >= 11 is 6.43. The largest absolute Gasteiger partial charge is 0.497 e. The zero-order valence-electron chi connectivity index (χ0n) is 38.4. The minimum absolute atomic E-state index is 0.0220. The fraction of sp³-hybridized carbons (Fsp3) is 0.674. The Labute approximate surface area is 372 Å². The molecule has 14 atom stereocenters. The van der Waals surface area contributed by atoms with Crippen LogP contribution in [0.1, 0.15) is 85.8 Å². The number of aliphatic hydroxyl groups is 3. The molecule has 2 saturated heterocycles. The number of nitrogens with one attached hydrogen (secondary N) is 1. The third-order valence-corrected chi connectivity index (χ3v) is 13.1. The Morgan fingerprint density at radius 2 is 1.68 bits per heavy atom. The first-order chi connectivity index (χ1) is 29.2. The molecule has 0 spiro atoms. The van der Waals surface area contributed by atoms with Crippen LogP contribution in [0.4, 0.5) is 4.79 Å². The molecule has 15 nitrogen and oxygen atoms in total. The van der Waals surface area contributed by atoms with Gasteiger partial charge in [-0.3, -0.25) is 4.79 Å². The lowest BCUT2D eigenvalue weighted by Crippen LogP contribution is -2.60. The van der Waals surface area contributed by atoms with E-state index in [1.165, 1.54) is 14.0 Å². The number of carbonyl (C=O) groups excluding carboxylic acids is 2. The van der Waals surface area contributed by atoms with Crippen LogP contribution in [0.2, 0.25) is 5.02 Å². The predicted molar refractivity (Wildman–Crippen MR) is 235 cm³/mol. The molecule has 0 aliphatic carbocycles. The van der Waals surface area contributed by atoms with Gasteiger partial charge < -0.3 is 58.8 Å². The number of oxime groups is 1. The third kappa shape index (κ3) is 12.4. The Kier molecular flexibility index (Phi) is 18.4. The van der Waals surface area contributed by atoms with Crippen molar-refractivity contribution < 1.29 is 58.2 Å². The van der Waals surface area contributed by atoms with Gasteiger partial charge in [0.25, 0.3) is 0 Å². The summed E-state index contributed by atoms with van der Waals surface area (Å²) in [6.45, 7) is 14.0. The maximum absolute atomic E-state index is 14.3. The summed E-state index contributed by atoms with van der Waals surface area (Å²) in [7, 11) is 6.84. The van der Waals surface area contributed by atoms with Gasteiger partial charge in [0.05, 0.1) is 42.7 Å². The number of hydrogen-bond acceptors (Lipinski definition) is 14. The van der Waals surface area contributed by atoms with E-state index in [2.05, 4.69) is 10.5 Å². The second-order valence-electron chi connectivity index (χ2n) is 17.6. The number of cyclic esters (lactones) is 1. The van der Waals surface area contributed by atoms with Crippen molar-refractivity contribution in [3.8, 4) is 5.75 Å². The van der Waals surface area contributed by atoms with Crippen molar-refractivity contribution in [2.75, 3.05) is 28.3 Å². The van der Waals surface area contributed by atoms with E-state index in [-0.39, 0.29) is 38.1 Å². The quantitative estimate of drug-likeness (QED) is 0.141. The summed E-state index contributed by atoms with van der Waals surface area (Å²) in [5.74, 6) is -3.46. The van der Waals surface area contributed by atoms with Crippen molar-refractivity contribution in [3.05, 3.63) is 64.7 Å². The van der Waals surface area contributed by atoms with E-state index >= 15 is 0 Å². The number of halogens is 1. The van der Waals surface area contributed by atoms with E-state index in [1.807, 2.05) is 58.0 Å². The normalized spacial score (nSPS) is 35.8. The molecule has 348 valence electrons. The molecule has 2 aromatic carbocycles. The number of nitrogens with zero attached hydrogens (tertiary/aromatic N) is 2. The second-order valence-corrected chi connectivity index (χ2v) is 18.1. The van der Waals surface area contributed by atoms with Crippen LogP contribution >= 0.6 is 11.6 Å². The first-order valence-corrected chi connectivity index (χ1v) is 21.9. The summed E-state index contributed by atoms with van der Waals surface area (Å²) < 4.78 is 37.1. The zero-order valence-corrected chi connectivity index (χ0v) is 39.1. The number of methoxy groups -OCH3 is 2. The number of amides is 1. The maximum Gasteiger partial charge on any atom is 0.407 e. The molecule has 2 aliphatic heterocycles. The summed E-state index contributed by atoms with van der Waals surface area (Å²) in [6, 6.07) is 14.1. The summed E-state index contributed by atoms with van der Waals surface area (Å²) in [4.78, 5) is 36.0. The Bertz CT molecular complexity index is 1780. The maximum atomic E-state index is 14.3. The molecule has 2 heterocycles. The van der Waals surface area contributed by atoms with Crippen LogP contribution in [-0.4, -0.2) is 126 Å². The van der Waals surface area contributed by atoms with Crippen LogP contribution < -0.4 is 10.1 Å². The summed E-state index contributed by atoms with van der Waals surface area (Å²) in [5, 5.41) is 43.7. The zero-order chi connectivity index (χ0) is 46.1. The van der Waals surface area contributed by atoms with Gasteiger partial charge in [-0.25, -0.2) is 4.79 Å². The van der Waals surface area contributed by atoms with Gasteiger partial charge in [0.1, 0.15) is 36.3 Å². The smallest absolute Gasteiger partial charge is 0.407 e. The molecule has 2 fully saturated rings. The fourth-order valence-corrected chi connectivity index (χ4v) is 9.03. The predicted octanol–water partition coefficient (Wildman–Crippen LogP) is 6.11. The van der Waals surface area contributed by atoms with Gasteiger partial charge in [-0.1, -0.05) is 74.8 Å². The van der Waals surface area contributed by atoms with E-state index in [1.54, 1.807) is 65.1 Å². The van der Waals surface area contributed by atoms with Crippen molar-refractivity contribution >= 4 is 29.4 Å². The average Bonchev–Trinajstić information content (AvgIpc) is 3.24. The van der Waals surface area contributed by atoms with Gasteiger partial charge in [-0.15, -0.1) is 0 Å². The average molecular weight is 893 g/mol. The minimum Gasteiger partial charge on any atom is -0.497 e. The monoisotopic (exact) mass is 891 g/mol. The van der Waals surface area contributed by atoms with Gasteiger partial charge in [-0.2, -0.15) is 0 Å². The van der Waals surface area contributed by atoms with Crippen molar-refractivity contribution in [2.45, 2.75) is 148 Å². The second kappa shape index (κ2) is 22.4. The minimum atomic E-state index is -1.97. The molecule has 0 saturated carbocycles.